The van der Waals surface area contributed by atoms with Gasteiger partial charge in [-0.1, -0.05) is 6.92 Å². The number of piperazine rings is 1. The Bertz CT molecular complexity index is 691. The molecule has 3 rings (SSSR count). The highest BCUT2D eigenvalue weighted by molar-refractivity contribution is 7.18. The molecule has 0 spiro atoms. The van der Waals surface area contributed by atoms with Crippen molar-refractivity contribution in [1.82, 2.24) is 14.9 Å². The highest BCUT2D eigenvalue weighted by atomic mass is 32.1. The van der Waals surface area contributed by atoms with Gasteiger partial charge in [-0.15, -0.1) is 11.3 Å². The number of fused-ring (bicyclic) bond motifs is 1. The van der Waals surface area contributed by atoms with Gasteiger partial charge in [0.15, 0.2) is 0 Å². The van der Waals surface area contributed by atoms with Gasteiger partial charge in [0.1, 0.15) is 10.6 Å². The summed E-state index contributed by atoms with van der Waals surface area (Å²) in [5.41, 5.74) is 0. The summed E-state index contributed by atoms with van der Waals surface area (Å²) >= 11 is 1.74. The predicted octanol–water partition coefficient (Wildman–Crippen LogP) is 2.35. The van der Waals surface area contributed by atoms with E-state index in [9.17, 15) is 4.79 Å². The monoisotopic (exact) mass is 333 g/mol. The Labute approximate surface area is 140 Å². The van der Waals surface area contributed by atoms with Gasteiger partial charge in [0.2, 0.25) is 12.4 Å². The standard InChI is InChI=1S/C16H23N5OS/c1-4-12-9-13-14(17-11(2)3)18-16(19-15(13)23-12)21-7-5-20(10-22)6-8-21/h9-11H,4-8H2,1-3H3,(H,17,18,19). The summed E-state index contributed by atoms with van der Waals surface area (Å²) in [5.74, 6) is 1.67. The van der Waals surface area contributed by atoms with Crippen LogP contribution in [0.1, 0.15) is 25.6 Å². The predicted molar refractivity (Wildman–Crippen MR) is 95.4 cm³/mol. The van der Waals surface area contributed by atoms with Gasteiger partial charge in [-0.2, -0.15) is 4.98 Å². The van der Waals surface area contributed by atoms with Gasteiger partial charge in [0.05, 0.1) is 5.39 Å². The molecule has 0 bridgehead atoms. The molecule has 2 aromatic rings. The van der Waals surface area contributed by atoms with Crippen molar-refractivity contribution in [3.8, 4) is 0 Å². The van der Waals surface area contributed by atoms with E-state index in [0.29, 0.717) is 6.04 Å². The molecule has 124 valence electrons. The Morgan fingerprint density at radius 3 is 2.65 bits per heavy atom. The number of aromatic nitrogens is 2. The molecule has 0 saturated carbocycles. The number of amides is 1. The average Bonchev–Trinajstić information content (AvgIpc) is 2.98. The molecule has 1 fully saturated rings. The van der Waals surface area contributed by atoms with E-state index in [0.717, 1.165) is 61.0 Å². The van der Waals surface area contributed by atoms with Crippen molar-refractivity contribution >= 4 is 39.7 Å². The van der Waals surface area contributed by atoms with Crippen LogP contribution in [0.5, 0.6) is 0 Å². The molecule has 0 atom stereocenters. The topological polar surface area (TPSA) is 61.4 Å². The summed E-state index contributed by atoms with van der Waals surface area (Å²) < 4.78 is 0. The van der Waals surface area contributed by atoms with E-state index in [4.69, 9.17) is 9.97 Å². The number of rotatable bonds is 5. The third-order valence-corrected chi connectivity index (χ3v) is 5.13. The number of aryl methyl sites for hydroxylation is 1. The van der Waals surface area contributed by atoms with E-state index < -0.39 is 0 Å². The normalized spacial score (nSPS) is 15.5. The molecule has 7 heteroatoms. The third kappa shape index (κ3) is 3.39. The van der Waals surface area contributed by atoms with Crippen LogP contribution in [0.25, 0.3) is 10.2 Å². The molecule has 0 aromatic carbocycles. The molecule has 0 unspecified atom stereocenters. The van der Waals surface area contributed by atoms with Crippen molar-refractivity contribution in [2.24, 2.45) is 0 Å². The highest BCUT2D eigenvalue weighted by Crippen LogP contribution is 2.31. The van der Waals surface area contributed by atoms with Gasteiger partial charge in [-0.3, -0.25) is 4.79 Å². The molecule has 23 heavy (non-hydrogen) atoms. The summed E-state index contributed by atoms with van der Waals surface area (Å²) in [7, 11) is 0. The van der Waals surface area contributed by atoms with Crippen LogP contribution >= 0.6 is 11.3 Å². The molecule has 3 heterocycles. The molecule has 0 aliphatic carbocycles. The van der Waals surface area contributed by atoms with Crippen LogP contribution in [-0.4, -0.2) is 53.5 Å². The lowest BCUT2D eigenvalue weighted by atomic mass is 10.3. The van der Waals surface area contributed by atoms with E-state index in [1.165, 1.54) is 4.88 Å². The Morgan fingerprint density at radius 1 is 1.30 bits per heavy atom. The fourth-order valence-corrected chi connectivity index (χ4v) is 3.65. The van der Waals surface area contributed by atoms with Crippen LogP contribution in [-0.2, 0) is 11.2 Å². The molecule has 6 nitrogen and oxygen atoms in total. The Balaban J connectivity index is 1.95. The maximum absolute atomic E-state index is 10.9. The van der Waals surface area contributed by atoms with E-state index in [1.807, 2.05) is 0 Å². The van der Waals surface area contributed by atoms with E-state index >= 15 is 0 Å². The second-order valence-electron chi connectivity index (χ2n) is 6.08. The Hall–Kier alpha value is -1.89. The molecular formula is C16H23N5OS. The van der Waals surface area contributed by atoms with Gasteiger partial charge in [0.25, 0.3) is 0 Å². The summed E-state index contributed by atoms with van der Waals surface area (Å²) in [5, 5.41) is 4.55. The number of hydrogen-bond donors (Lipinski definition) is 1. The molecular weight excluding hydrogens is 310 g/mol. The number of hydrogen-bond acceptors (Lipinski definition) is 6. The molecule has 1 N–H and O–H groups in total. The van der Waals surface area contributed by atoms with E-state index in [-0.39, 0.29) is 0 Å². The summed E-state index contributed by atoms with van der Waals surface area (Å²) in [6, 6.07) is 2.51. The first-order valence-corrected chi connectivity index (χ1v) is 8.93. The maximum atomic E-state index is 10.9. The smallest absolute Gasteiger partial charge is 0.228 e. The molecule has 1 aliphatic heterocycles. The minimum Gasteiger partial charge on any atom is -0.367 e. The Morgan fingerprint density at radius 2 is 2.04 bits per heavy atom. The van der Waals surface area contributed by atoms with Gasteiger partial charge < -0.3 is 15.1 Å². The van der Waals surface area contributed by atoms with Crippen molar-refractivity contribution in [1.29, 1.82) is 0 Å². The maximum Gasteiger partial charge on any atom is 0.228 e. The number of carbonyl (C=O) groups excluding carboxylic acids is 1. The lowest BCUT2D eigenvalue weighted by molar-refractivity contribution is -0.118. The minimum absolute atomic E-state index is 0.317. The van der Waals surface area contributed by atoms with Crippen LogP contribution in [0, 0.1) is 0 Å². The fraction of sp³-hybridized carbons (Fsp3) is 0.562. The summed E-state index contributed by atoms with van der Waals surface area (Å²) in [6.45, 7) is 9.39. The number of carbonyl (C=O) groups is 1. The van der Waals surface area contributed by atoms with Crippen LogP contribution < -0.4 is 10.2 Å². The lowest BCUT2D eigenvalue weighted by Gasteiger charge is -2.32. The Kier molecular flexibility index (Phi) is 4.66. The van der Waals surface area contributed by atoms with Crippen molar-refractivity contribution < 1.29 is 4.79 Å². The van der Waals surface area contributed by atoms with Gasteiger partial charge in [-0.25, -0.2) is 4.98 Å². The molecule has 1 amide bonds. The second-order valence-corrected chi connectivity index (χ2v) is 7.20. The van der Waals surface area contributed by atoms with Gasteiger partial charge in [-0.05, 0) is 26.3 Å². The number of nitrogens with zero attached hydrogens (tertiary/aromatic N) is 4. The second kappa shape index (κ2) is 6.70. The SMILES string of the molecule is CCc1cc2c(NC(C)C)nc(N3CCN(C=O)CC3)nc2s1. The highest BCUT2D eigenvalue weighted by Gasteiger charge is 2.20. The lowest BCUT2D eigenvalue weighted by Crippen LogP contribution is -2.46. The van der Waals surface area contributed by atoms with Crippen LogP contribution in [0.2, 0.25) is 0 Å². The zero-order valence-electron chi connectivity index (χ0n) is 13.9. The average molecular weight is 333 g/mol. The van der Waals surface area contributed by atoms with Crippen molar-refractivity contribution in [2.45, 2.75) is 33.2 Å². The number of nitrogens with one attached hydrogen (secondary N) is 1. The zero-order valence-corrected chi connectivity index (χ0v) is 14.7. The van der Waals surface area contributed by atoms with Crippen LogP contribution in [0.15, 0.2) is 6.07 Å². The van der Waals surface area contributed by atoms with Crippen molar-refractivity contribution in [2.75, 3.05) is 36.4 Å². The van der Waals surface area contributed by atoms with E-state index in [2.05, 4.69) is 37.1 Å². The quantitative estimate of drug-likeness (QED) is 0.851. The van der Waals surface area contributed by atoms with Gasteiger partial charge in [0, 0.05) is 37.1 Å². The van der Waals surface area contributed by atoms with Crippen LogP contribution in [0.3, 0.4) is 0 Å². The van der Waals surface area contributed by atoms with E-state index in [1.54, 1.807) is 16.2 Å². The third-order valence-electron chi connectivity index (χ3n) is 3.95. The largest absolute Gasteiger partial charge is 0.367 e. The van der Waals surface area contributed by atoms with Crippen LogP contribution in [0.4, 0.5) is 11.8 Å². The molecule has 2 aromatic heterocycles. The first-order valence-electron chi connectivity index (χ1n) is 8.12. The van der Waals surface area contributed by atoms with Crippen molar-refractivity contribution in [3.05, 3.63) is 10.9 Å². The minimum atomic E-state index is 0.317. The fourth-order valence-electron chi connectivity index (χ4n) is 2.69. The number of thiophene rings is 1. The van der Waals surface area contributed by atoms with Gasteiger partial charge >= 0.3 is 0 Å². The number of anilines is 2. The first kappa shape index (κ1) is 16.0. The molecule has 1 aliphatic rings. The first-order chi connectivity index (χ1) is 11.1. The molecule has 1 saturated heterocycles. The zero-order chi connectivity index (χ0) is 16.4. The molecule has 0 radical (unpaired) electrons. The summed E-state index contributed by atoms with van der Waals surface area (Å²) in [4.78, 5) is 26.7. The van der Waals surface area contributed by atoms with Crippen molar-refractivity contribution in [3.63, 3.8) is 0 Å². The summed E-state index contributed by atoms with van der Waals surface area (Å²) in [6.07, 6.45) is 1.93.